The number of aromatic nitrogens is 2. The van der Waals surface area contributed by atoms with Crippen LogP contribution in [0.2, 0.25) is 5.02 Å². The summed E-state index contributed by atoms with van der Waals surface area (Å²) in [6.45, 7) is 5.44. The zero-order valence-electron chi connectivity index (χ0n) is 18.1. The molecule has 1 aliphatic rings. The minimum absolute atomic E-state index is 0.0694. The van der Waals surface area contributed by atoms with Crippen molar-refractivity contribution in [2.75, 3.05) is 6.54 Å². The van der Waals surface area contributed by atoms with Gasteiger partial charge in [0.15, 0.2) is 0 Å². The Hall–Kier alpha value is -3.19. The fourth-order valence-corrected chi connectivity index (χ4v) is 3.92. The highest BCUT2D eigenvalue weighted by molar-refractivity contribution is 6.33. The van der Waals surface area contributed by atoms with Gasteiger partial charge >= 0.3 is 0 Å². The first-order chi connectivity index (χ1) is 15.4. The van der Waals surface area contributed by atoms with Crippen LogP contribution in [0.1, 0.15) is 48.5 Å². The van der Waals surface area contributed by atoms with E-state index in [4.69, 9.17) is 16.0 Å². The predicted octanol–water partition coefficient (Wildman–Crippen LogP) is 4.56. The zero-order valence-corrected chi connectivity index (χ0v) is 18.9. The third-order valence-corrected chi connectivity index (χ3v) is 5.84. The van der Waals surface area contributed by atoms with Gasteiger partial charge in [-0.15, -0.1) is 10.2 Å². The molecule has 8 heteroatoms. The van der Waals surface area contributed by atoms with Crippen molar-refractivity contribution in [3.05, 3.63) is 70.6 Å². The molecule has 0 N–H and O–H groups in total. The van der Waals surface area contributed by atoms with Gasteiger partial charge in [-0.2, -0.15) is 0 Å². The van der Waals surface area contributed by atoms with Crippen LogP contribution < -0.4 is 0 Å². The number of amides is 2. The first kappa shape index (κ1) is 22.0. The lowest BCUT2D eigenvalue weighted by molar-refractivity contribution is -0.128. The molecule has 1 fully saturated rings. The van der Waals surface area contributed by atoms with Crippen LogP contribution in [0.25, 0.3) is 11.5 Å². The summed E-state index contributed by atoms with van der Waals surface area (Å²) < 4.78 is 5.78. The van der Waals surface area contributed by atoms with Gasteiger partial charge in [0.05, 0.1) is 17.1 Å². The summed E-state index contributed by atoms with van der Waals surface area (Å²) in [7, 11) is 0. The lowest BCUT2D eigenvalue weighted by Gasteiger charge is -2.25. The number of likely N-dealkylation sites (tertiary alicyclic amines) is 1. The van der Waals surface area contributed by atoms with Gasteiger partial charge in [-0.1, -0.05) is 35.9 Å². The summed E-state index contributed by atoms with van der Waals surface area (Å²) >= 11 is 6.21. The van der Waals surface area contributed by atoms with Crippen LogP contribution in [0.3, 0.4) is 0 Å². The van der Waals surface area contributed by atoms with Crippen molar-refractivity contribution in [3.8, 4) is 11.5 Å². The molecule has 2 heterocycles. The highest BCUT2D eigenvalue weighted by atomic mass is 35.5. The number of benzene rings is 2. The molecule has 0 aliphatic carbocycles. The van der Waals surface area contributed by atoms with Gasteiger partial charge in [-0.3, -0.25) is 9.59 Å². The zero-order chi connectivity index (χ0) is 22.7. The Bertz CT molecular complexity index is 1110. The van der Waals surface area contributed by atoms with E-state index in [0.29, 0.717) is 40.9 Å². The van der Waals surface area contributed by atoms with Crippen molar-refractivity contribution in [1.29, 1.82) is 0 Å². The van der Waals surface area contributed by atoms with Crippen LogP contribution in [-0.2, 0) is 17.9 Å². The van der Waals surface area contributed by atoms with E-state index in [0.717, 1.165) is 18.5 Å². The maximum atomic E-state index is 13.2. The lowest BCUT2D eigenvalue weighted by Crippen LogP contribution is -2.36. The standard InChI is InChI=1S/C24H25ClN4O3/c1-16(2)29(15-21-26-27-23(32-21)19-6-3-4-7-20(19)25)24(31)18-11-9-17(10-12-18)14-28-13-5-8-22(28)30/h3-4,6-7,9-12,16H,5,8,13-15H2,1-2H3. The average Bonchev–Trinajstić information content (AvgIpc) is 3.41. The molecule has 0 unspecified atom stereocenters. The van der Waals surface area contributed by atoms with E-state index >= 15 is 0 Å². The normalized spacial score (nSPS) is 13.8. The van der Waals surface area contributed by atoms with Gasteiger partial charge < -0.3 is 14.2 Å². The van der Waals surface area contributed by atoms with E-state index in [1.807, 2.05) is 49.1 Å². The molecular formula is C24H25ClN4O3. The van der Waals surface area contributed by atoms with Gasteiger partial charge in [0, 0.05) is 31.1 Å². The second-order valence-corrected chi connectivity index (χ2v) is 8.53. The van der Waals surface area contributed by atoms with Crippen LogP contribution in [0.4, 0.5) is 0 Å². The first-order valence-electron chi connectivity index (χ1n) is 10.7. The summed E-state index contributed by atoms with van der Waals surface area (Å²) in [5.41, 5.74) is 2.23. The fourth-order valence-electron chi connectivity index (χ4n) is 3.71. The van der Waals surface area contributed by atoms with Gasteiger partial charge in [0.25, 0.3) is 5.91 Å². The maximum Gasteiger partial charge on any atom is 0.254 e. The maximum absolute atomic E-state index is 13.2. The summed E-state index contributed by atoms with van der Waals surface area (Å²) in [6.07, 6.45) is 1.53. The van der Waals surface area contributed by atoms with Gasteiger partial charge in [0.1, 0.15) is 0 Å². The van der Waals surface area contributed by atoms with Crippen LogP contribution >= 0.6 is 11.6 Å². The Morgan fingerprint density at radius 2 is 1.91 bits per heavy atom. The molecule has 0 atom stereocenters. The molecule has 2 amide bonds. The number of rotatable bonds is 7. The number of hydrogen-bond acceptors (Lipinski definition) is 5. The number of carbonyl (C=O) groups excluding carboxylic acids is 2. The van der Waals surface area contributed by atoms with E-state index in [9.17, 15) is 9.59 Å². The molecule has 0 radical (unpaired) electrons. The predicted molar refractivity (Wildman–Crippen MR) is 121 cm³/mol. The topological polar surface area (TPSA) is 79.5 Å². The van der Waals surface area contributed by atoms with Crippen molar-refractivity contribution in [3.63, 3.8) is 0 Å². The Morgan fingerprint density at radius 1 is 1.16 bits per heavy atom. The van der Waals surface area contributed by atoms with Crippen LogP contribution in [0, 0.1) is 0 Å². The molecule has 4 rings (SSSR count). The Kier molecular flexibility index (Phi) is 6.55. The van der Waals surface area contributed by atoms with Crippen LogP contribution in [0.15, 0.2) is 52.9 Å². The van der Waals surface area contributed by atoms with E-state index < -0.39 is 0 Å². The Labute approximate surface area is 192 Å². The van der Waals surface area contributed by atoms with Gasteiger partial charge in [-0.25, -0.2) is 0 Å². The molecule has 0 saturated carbocycles. The smallest absolute Gasteiger partial charge is 0.254 e. The van der Waals surface area contributed by atoms with Crippen LogP contribution in [-0.4, -0.2) is 44.4 Å². The molecule has 1 aromatic heterocycles. The van der Waals surface area contributed by atoms with E-state index in [2.05, 4.69) is 10.2 Å². The highest BCUT2D eigenvalue weighted by Crippen LogP contribution is 2.27. The monoisotopic (exact) mass is 452 g/mol. The minimum Gasteiger partial charge on any atom is -0.419 e. The van der Waals surface area contributed by atoms with E-state index in [1.165, 1.54) is 0 Å². The molecular weight excluding hydrogens is 428 g/mol. The summed E-state index contributed by atoms with van der Waals surface area (Å²) in [6, 6.07) is 14.6. The number of halogens is 1. The fraction of sp³-hybridized carbons (Fsp3) is 0.333. The number of nitrogens with zero attached hydrogens (tertiary/aromatic N) is 4. The summed E-state index contributed by atoms with van der Waals surface area (Å²) in [4.78, 5) is 28.6. The molecule has 3 aromatic rings. The summed E-state index contributed by atoms with van der Waals surface area (Å²) in [5, 5.41) is 8.71. The summed E-state index contributed by atoms with van der Waals surface area (Å²) in [5.74, 6) is 0.724. The van der Waals surface area contributed by atoms with E-state index in [1.54, 1.807) is 23.1 Å². The van der Waals surface area contributed by atoms with Crippen molar-refractivity contribution >= 4 is 23.4 Å². The Balaban J connectivity index is 1.46. The minimum atomic E-state index is -0.124. The van der Waals surface area contributed by atoms with Crippen LogP contribution in [0.5, 0.6) is 0 Å². The quantitative estimate of drug-likeness (QED) is 0.525. The molecule has 1 aliphatic heterocycles. The van der Waals surface area contributed by atoms with Gasteiger partial charge in [-0.05, 0) is 50.1 Å². The third-order valence-electron chi connectivity index (χ3n) is 5.51. The third kappa shape index (κ3) is 4.83. The molecule has 2 aromatic carbocycles. The molecule has 0 spiro atoms. The molecule has 7 nitrogen and oxygen atoms in total. The van der Waals surface area contributed by atoms with Crippen molar-refractivity contribution in [1.82, 2.24) is 20.0 Å². The molecule has 166 valence electrons. The SMILES string of the molecule is CC(C)N(Cc1nnc(-c2ccccc2Cl)o1)C(=O)c1ccc(CN2CCCC2=O)cc1. The molecule has 32 heavy (non-hydrogen) atoms. The van der Waals surface area contributed by atoms with Crippen molar-refractivity contribution < 1.29 is 14.0 Å². The molecule has 0 bridgehead atoms. The number of hydrogen-bond donors (Lipinski definition) is 0. The largest absolute Gasteiger partial charge is 0.419 e. The van der Waals surface area contributed by atoms with Crippen molar-refractivity contribution in [2.45, 2.75) is 45.8 Å². The second kappa shape index (κ2) is 9.53. The number of carbonyl (C=O) groups is 2. The second-order valence-electron chi connectivity index (χ2n) is 8.12. The van der Waals surface area contributed by atoms with E-state index in [-0.39, 0.29) is 24.4 Å². The highest BCUT2D eigenvalue weighted by Gasteiger charge is 2.23. The van der Waals surface area contributed by atoms with Gasteiger partial charge in [0.2, 0.25) is 17.7 Å². The molecule has 1 saturated heterocycles. The van der Waals surface area contributed by atoms with Crippen molar-refractivity contribution in [2.24, 2.45) is 0 Å². The average molecular weight is 453 g/mol. The Morgan fingerprint density at radius 3 is 2.56 bits per heavy atom. The first-order valence-corrected chi connectivity index (χ1v) is 11.0. The lowest BCUT2D eigenvalue weighted by atomic mass is 10.1.